The van der Waals surface area contributed by atoms with Crippen molar-refractivity contribution in [1.82, 2.24) is 0 Å². The lowest BCUT2D eigenvalue weighted by atomic mass is 9.45. The van der Waals surface area contributed by atoms with E-state index in [1.807, 2.05) is 34.6 Å². The molecule has 0 saturated carbocycles. The Kier molecular flexibility index (Phi) is 2.29. The quantitative estimate of drug-likeness (QED) is 0.562. The van der Waals surface area contributed by atoms with Crippen molar-refractivity contribution in [2.24, 2.45) is 5.41 Å². The minimum atomic E-state index is -0.598. The zero-order valence-corrected chi connectivity index (χ0v) is 12.5. The lowest BCUT2D eigenvalue weighted by molar-refractivity contribution is -0.133. The van der Waals surface area contributed by atoms with Crippen LogP contribution >= 0.6 is 0 Å². The fraction of sp³-hybridized carbons (Fsp3) is 0.471. The number of Topliss-reactive ketones (excluding diaryl/α,β-unsaturated/α-hetero) is 1. The van der Waals surface area contributed by atoms with Crippen molar-refractivity contribution in [1.29, 1.82) is 0 Å². The molecule has 0 unspecified atom stereocenters. The van der Waals surface area contributed by atoms with Gasteiger partial charge in [0.25, 0.3) is 0 Å². The van der Waals surface area contributed by atoms with Crippen molar-refractivity contribution in [2.75, 3.05) is 0 Å². The van der Waals surface area contributed by atoms with Crippen LogP contribution in [0.25, 0.3) is 0 Å². The molecule has 0 saturated heterocycles. The number of fused-ring (bicyclic) bond motifs is 1. The highest BCUT2D eigenvalue weighted by atomic mass is 16.3. The average Bonchev–Trinajstić information content (AvgIpc) is 2.38. The van der Waals surface area contributed by atoms with Crippen LogP contribution in [0.1, 0.15) is 51.7 Å². The molecule has 0 fully saturated rings. The molecule has 0 radical (unpaired) electrons. The summed E-state index contributed by atoms with van der Waals surface area (Å²) in [6, 6.07) is 2.99. The van der Waals surface area contributed by atoms with E-state index in [0.29, 0.717) is 5.56 Å². The maximum atomic E-state index is 12.9. The zero-order chi connectivity index (χ0) is 15.0. The van der Waals surface area contributed by atoms with E-state index >= 15 is 0 Å². The topological polar surface area (TPSA) is 57.5 Å². The number of aromatic hydroxyl groups is 2. The first-order valence-electron chi connectivity index (χ1n) is 6.93. The SMILES string of the molecule is CC1=C(C)[C@@]2(C)c3c(O)ccc(O)c3[C@@H]1C(=O)C2(C)C. The van der Waals surface area contributed by atoms with Gasteiger partial charge in [-0.25, -0.2) is 0 Å². The molecule has 4 rings (SSSR count). The van der Waals surface area contributed by atoms with Gasteiger partial charge >= 0.3 is 0 Å². The van der Waals surface area contributed by atoms with Gasteiger partial charge in [0.2, 0.25) is 0 Å². The zero-order valence-electron chi connectivity index (χ0n) is 12.5. The molecule has 0 spiro atoms. The number of benzene rings is 1. The largest absolute Gasteiger partial charge is 0.508 e. The molecule has 0 aromatic heterocycles. The summed E-state index contributed by atoms with van der Waals surface area (Å²) in [5.74, 6) is -0.0483. The third kappa shape index (κ3) is 1.11. The van der Waals surface area contributed by atoms with Gasteiger partial charge < -0.3 is 10.2 Å². The minimum absolute atomic E-state index is 0.102. The monoisotopic (exact) mass is 272 g/mol. The number of ketones is 1. The molecule has 2 atom stereocenters. The maximum absolute atomic E-state index is 12.9. The number of rotatable bonds is 0. The Labute approximate surface area is 118 Å². The molecule has 106 valence electrons. The van der Waals surface area contributed by atoms with E-state index in [-0.39, 0.29) is 17.3 Å². The van der Waals surface area contributed by atoms with Gasteiger partial charge in [-0.3, -0.25) is 4.79 Å². The third-order valence-corrected chi connectivity index (χ3v) is 5.89. The number of hydrogen-bond acceptors (Lipinski definition) is 3. The number of phenolic OH excluding ortho intramolecular Hbond substituents is 2. The van der Waals surface area contributed by atoms with Crippen molar-refractivity contribution in [3.8, 4) is 11.5 Å². The maximum Gasteiger partial charge on any atom is 0.151 e. The second-order valence-corrected chi connectivity index (χ2v) is 6.75. The Morgan fingerprint density at radius 1 is 1.05 bits per heavy atom. The van der Waals surface area contributed by atoms with Crippen molar-refractivity contribution in [2.45, 2.75) is 46.0 Å². The van der Waals surface area contributed by atoms with Gasteiger partial charge in [-0.2, -0.15) is 0 Å². The Hall–Kier alpha value is -1.77. The van der Waals surface area contributed by atoms with E-state index in [9.17, 15) is 15.0 Å². The number of hydrogen-bond donors (Lipinski definition) is 2. The number of carbonyl (C=O) groups excluding carboxylic acids is 1. The summed E-state index contributed by atoms with van der Waals surface area (Å²) in [5.41, 5.74) is 2.27. The van der Waals surface area contributed by atoms with E-state index < -0.39 is 16.7 Å². The van der Waals surface area contributed by atoms with Crippen LogP contribution in [0.15, 0.2) is 23.3 Å². The molecule has 2 bridgehead atoms. The Bertz CT molecular complexity index is 682. The molecule has 1 aromatic carbocycles. The minimum Gasteiger partial charge on any atom is -0.508 e. The molecule has 0 aliphatic heterocycles. The van der Waals surface area contributed by atoms with Crippen LogP contribution in [-0.2, 0) is 10.2 Å². The highest BCUT2D eigenvalue weighted by Gasteiger charge is 2.61. The van der Waals surface area contributed by atoms with E-state index in [0.717, 1.165) is 16.7 Å². The molecule has 3 aliphatic carbocycles. The van der Waals surface area contributed by atoms with E-state index in [1.54, 1.807) is 0 Å². The molecule has 3 aliphatic rings. The van der Waals surface area contributed by atoms with Crippen LogP contribution in [0, 0.1) is 5.41 Å². The molecule has 2 N–H and O–H groups in total. The molecule has 20 heavy (non-hydrogen) atoms. The third-order valence-electron chi connectivity index (χ3n) is 5.89. The molecule has 1 aromatic rings. The molecule has 0 heterocycles. The second kappa shape index (κ2) is 3.46. The Morgan fingerprint density at radius 3 is 2.20 bits per heavy atom. The smallest absolute Gasteiger partial charge is 0.151 e. The normalized spacial score (nSPS) is 30.6. The van der Waals surface area contributed by atoms with Crippen LogP contribution in [0.5, 0.6) is 11.5 Å². The molecular weight excluding hydrogens is 252 g/mol. The summed E-state index contributed by atoms with van der Waals surface area (Å²) < 4.78 is 0. The first-order valence-corrected chi connectivity index (χ1v) is 6.93. The van der Waals surface area contributed by atoms with Gasteiger partial charge in [-0.1, -0.05) is 31.9 Å². The van der Waals surface area contributed by atoms with Gasteiger partial charge in [0, 0.05) is 22.0 Å². The van der Waals surface area contributed by atoms with Crippen molar-refractivity contribution in [3.63, 3.8) is 0 Å². The first kappa shape index (κ1) is 13.2. The van der Waals surface area contributed by atoms with Gasteiger partial charge in [0.15, 0.2) is 5.78 Å². The summed E-state index contributed by atoms with van der Waals surface area (Å²) in [4.78, 5) is 12.9. The van der Waals surface area contributed by atoms with E-state index in [1.165, 1.54) is 12.1 Å². The number of allylic oxidation sites excluding steroid dienone is 2. The summed E-state index contributed by atoms with van der Waals surface area (Å²) >= 11 is 0. The van der Waals surface area contributed by atoms with Gasteiger partial charge in [-0.15, -0.1) is 0 Å². The van der Waals surface area contributed by atoms with Crippen LogP contribution < -0.4 is 0 Å². The highest BCUT2D eigenvalue weighted by Crippen LogP contribution is 2.65. The number of carbonyl (C=O) groups is 1. The average molecular weight is 272 g/mol. The van der Waals surface area contributed by atoms with Gasteiger partial charge in [-0.05, 0) is 26.0 Å². The van der Waals surface area contributed by atoms with Crippen LogP contribution in [0.2, 0.25) is 0 Å². The second-order valence-electron chi connectivity index (χ2n) is 6.75. The fourth-order valence-corrected chi connectivity index (χ4v) is 4.15. The van der Waals surface area contributed by atoms with E-state index in [4.69, 9.17) is 0 Å². The summed E-state index contributed by atoms with van der Waals surface area (Å²) in [6.07, 6.45) is 0. The summed E-state index contributed by atoms with van der Waals surface area (Å²) in [5, 5.41) is 20.6. The van der Waals surface area contributed by atoms with Crippen molar-refractivity contribution >= 4 is 5.78 Å². The van der Waals surface area contributed by atoms with Gasteiger partial charge in [0.1, 0.15) is 11.5 Å². The Morgan fingerprint density at radius 2 is 1.60 bits per heavy atom. The van der Waals surface area contributed by atoms with Crippen molar-refractivity contribution < 1.29 is 15.0 Å². The van der Waals surface area contributed by atoms with Crippen molar-refractivity contribution in [3.05, 3.63) is 34.4 Å². The van der Waals surface area contributed by atoms with E-state index in [2.05, 4.69) is 0 Å². The van der Waals surface area contributed by atoms with Crippen LogP contribution in [-0.4, -0.2) is 16.0 Å². The highest BCUT2D eigenvalue weighted by molar-refractivity contribution is 6.01. The Balaban J connectivity index is 2.53. The fourth-order valence-electron chi connectivity index (χ4n) is 4.15. The summed E-state index contributed by atoms with van der Waals surface area (Å²) in [7, 11) is 0. The lowest BCUT2D eigenvalue weighted by Crippen LogP contribution is -2.56. The first-order chi connectivity index (χ1) is 9.15. The lowest BCUT2D eigenvalue weighted by Gasteiger charge is -2.56. The molecule has 3 nitrogen and oxygen atoms in total. The number of phenols is 2. The standard InChI is InChI=1S/C17H20O3/c1-8-9(2)17(5)14-11(19)7-6-10(18)13(14)12(8)15(20)16(17,3)4/h6-7,12,18-19H,1-5H3/t12-,17+/m1/s1. The van der Waals surface area contributed by atoms with Gasteiger partial charge in [0.05, 0.1) is 5.92 Å². The van der Waals surface area contributed by atoms with Crippen LogP contribution in [0.4, 0.5) is 0 Å². The predicted octanol–water partition coefficient (Wildman–Crippen LogP) is 3.40. The predicted molar refractivity (Wildman–Crippen MR) is 77.0 cm³/mol. The molecular formula is C17H20O3. The molecule has 0 amide bonds. The van der Waals surface area contributed by atoms with Crippen LogP contribution in [0.3, 0.4) is 0 Å². The summed E-state index contributed by atoms with van der Waals surface area (Å²) in [6.45, 7) is 9.85. The molecule has 3 heteroatoms.